The molecule has 0 unspecified atom stereocenters. The molecule has 0 aliphatic rings. The van der Waals surface area contributed by atoms with Gasteiger partial charge >= 0.3 is 6.03 Å². The van der Waals surface area contributed by atoms with Crippen molar-refractivity contribution < 1.29 is 14.0 Å². The zero-order valence-electron chi connectivity index (χ0n) is 13.3. The minimum atomic E-state index is -0.552. The fourth-order valence-electron chi connectivity index (χ4n) is 1.73. The summed E-state index contributed by atoms with van der Waals surface area (Å²) in [7, 11) is 1.44. The summed E-state index contributed by atoms with van der Waals surface area (Å²) in [6, 6.07) is 5.32. The molecular weight excluding hydrogens is 316 g/mol. The van der Waals surface area contributed by atoms with Gasteiger partial charge in [0.1, 0.15) is 0 Å². The van der Waals surface area contributed by atoms with E-state index in [2.05, 4.69) is 20.8 Å². The van der Waals surface area contributed by atoms with Crippen LogP contribution in [0.25, 0.3) is 11.5 Å². The second-order valence-corrected chi connectivity index (χ2v) is 6.29. The van der Waals surface area contributed by atoms with Crippen molar-refractivity contribution in [2.24, 2.45) is 0 Å². The number of imide groups is 1. The summed E-state index contributed by atoms with van der Waals surface area (Å²) in [6.45, 7) is 5.69. The van der Waals surface area contributed by atoms with Gasteiger partial charge in [-0.3, -0.25) is 10.1 Å². The van der Waals surface area contributed by atoms with Crippen LogP contribution in [0.4, 0.5) is 4.79 Å². The Morgan fingerprint density at radius 1 is 1.22 bits per heavy atom. The quantitative estimate of drug-likeness (QED) is 0.833. The molecule has 2 N–H and O–H groups in total. The molecule has 3 amide bonds. The van der Waals surface area contributed by atoms with E-state index in [9.17, 15) is 9.59 Å². The smallest absolute Gasteiger partial charge is 0.321 e. The van der Waals surface area contributed by atoms with Crippen molar-refractivity contribution in [3.63, 3.8) is 0 Å². The van der Waals surface area contributed by atoms with Crippen molar-refractivity contribution in [1.82, 2.24) is 20.8 Å². The number of benzene rings is 1. The molecule has 23 heavy (non-hydrogen) atoms. The van der Waals surface area contributed by atoms with E-state index in [4.69, 9.17) is 4.42 Å². The number of hydrogen-bond donors (Lipinski definition) is 2. The number of carbonyl (C=O) groups is 2. The van der Waals surface area contributed by atoms with E-state index >= 15 is 0 Å². The van der Waals surface area contributed by atoms with E-state index < -0.39 is 17.2 Å². The Labute approximate surface area is 138 Å². The molecule has 0 saturated carbocycles. The number of carbonyl (C=O) groups excluding carboxylic acids is 2. The van der Waals surface area contributed by atoms with Crippen LogP contribution in [0, 0.1) is 13.8 Å². The zero-order chi connectivity index (χ0) is 17.0. The number of nitrogens with one attached hydrogen (secondary N) is 2. The second kappa shape index (κ2) is 7.28. The highest BCUT2D eigenvalue weighted by Gasteiger charge is 2.20. The van der Waals surface area contributed by atoms with E-state index in [0.29, 0.717) is 5.89 Å². The van der Waals surface area contributed by atoms with Crippen molar-refractivity contribution in [1.29, 1.82) is 0 Å². The van der Waals surface area contributed by atoms with Crippen molar-refractivity contribution in [2.45, 2.75) is 31.2 Å². The van der Waals surface area contributed by atoms with Crippen molar-refractivity contribution in [3.8, 4) is 11.5 Å². The molecule has 0 aliphatic carbocycles. The van der Waals surface area contributed by atoms with Gasteiger partial charge in [0.2, 0.25) is 11.8 Å². The summed E-state index contributed by atoms with van der Waals surface area (Å²) < 4.78 is 5.58. The van der Waals surface area contributed by atoms with E-state index in [1.807, 2.05) is 32.0 Å². The normalized spacial score (nSPS) is 11.8. The van der Waals surface area contributed by atoms with E-state index in [-0.39, 0.29) is 5.22 Å². The van der Waals surface area contributed by atoms with E-state index in [1.165, 1.54) is 12.6 Å². The molecule has 0 bridgehead atoms. The molecule has 0 aliphatic heterocycles. The van der Waals surface area contributed by atoms with Gasteiger partial charge in [0.25, 0.3) is 5.22 Å². The van der Waals surface area contributed by atoms with Gasteiger partial charge in [0, 0.05) is 12.6 Å². The maximum atomic E-state index is 11.8. The lowest BCUT2D eigenvalue weighted by Crippen LogP contribution is -2.41. The molecule has 1 heterocycles. The van der Waals surface area contributed by atoms with Gasteiger partial charge in [0.05, 0.1) is 5.25 Å². The van der Waals surface area contributed by atoms with Gasteiger partial charge in [-0.05, 0) is 44.0 Å². The number of urea groups is 1. The standard InChI is InChI=1S/C15H18N4O3S/c1-8-5-6-11(7-9(8)2)13-18-19-15(22-13)23-10(3)12(20)17-14(21)16-4/h5-7,10H,1-4H3,(H2,16,17,20,21)/t10-/m1/s1. The van der Waals surface area contributed by atoms with Gasteiger partial charge in [-0.25, -0.2) is 4.79 Å². The third-order valence-corrected chi connectivity index (χ3v) is 4.21. The van der Waals surface area contributed by atoms with Crippen LogP contribution < -0.4 is 10.6 Å². The third kappa shape index (κ3) is 4.32. The summed E-state index contributed by atoms with van der Waals surface area (Å²) in [5.74, 6) is -0.0326. The molecule has 1 aromatic heterocycles. The molecule has 0 fully saturated rings. The highest BCUT2D eigenvalue weighted by Crippen LogP contribution is 2.27. The fourth-order valence-corrected chi connectivity index (χ4v) is 2.41. The van der Waals surface area contributed by atoms with Crippen LogP contribution in [0.3, 0.4) is 0 Å². The molecule has 0 saturated heterocycles. The number of rotatable bonds is 4. The van der Waals surface area contributed by atoms with Gasteiger partial charge in [-0.2, -0.15) is 0 Å². The van der Waals surface area contributed by atoms with Crippen LogP contribution in [0.2, 0.25) is 0 Å². The molecule has 2 aromatic rings. The SMILES string of the molecule is CNC(=O)NC(=O)[C@@H](C)Sc1nnc(-c2ccc(C)c(C)c2)o1. The van der Waals surface area contributed by atoms with Gasteiger partial charge < -0.3 is 9.73 Å². The predicted octanol–water partition coefficient (Wildman–Crippen LogP) is 2.29. The van der Waals surface area contributed by atoms with Crippen LogP contribution in [-0.4, -0.2) is 34.4 Å². The highest BCUT2D eigenvalue weighted by molar-refractivity contribution is 8.00. The molecule has 1 aromatic carbocycles. The van der Waals surface area contributed by atoms with Crippen LogP contribution in [0.1, 0.15) is 18.1 Å². The number of nitrogens with zero attached hydrogens (tertiary/aromatic N) is 2. The van der Waals surface area contributed by atoms with Crippen LogP contribution in [-0.2, 0) is 4.79 Å². The fraction of sp³-hybridized carbons (Fsp3) is 0.333. The average molecular weight is 334 g/mol. The summed E-state index contributed by atoms with van der Waals surface area (Å²) in [5, 5.41) is 12.2. The lowest BCUT2D eigenvalue weighted by molar-refractivity contribution is -0.119. The van der Waals surface area contributed by atoms with Crippen LogP contribution >= 0.6 is 11.8 Å². The maximum Gasteiger partial charge on any atom is 0.321 e. The first kappa shape index (κ1) is 17.0. The molecule has 8 heteroatoms. The molecule has 7 nitrogen and oxygen atoms in total. The number of aryl methyl sites for hydroxylation is 2. The summed E-state index contributed by atoms with van der Waals surface area (Å²) in [5.41, 5.74) is 3.14. The minimum absolute atomic E-state index is 0.276. The van der Waals surface area contributed by atoms with Crippen molar-refractivity contribution >= 4 is 23.7 Å². The Kier molecular flexibility index (Phi) is 5.38. The molecular formula is C15H18N4O3S. The number of aromatic nitrogens is 2. The molecule has 1 atom stereocenters. The third-order valence-electron chi connectivity index (χ3n) is 3.27. The Balaban J connectivity index is 2.05. The maximum absolute atomic E-state index is 11.8. The monoisotopic (exact) mass is 334 g/mol. The largest absolute Gasteiger partial charge is 0.411 e. The van der Waals surface area contributed by atoms with Gasteiger partial charge in [-0.1, -0.05) is 17.8 Å². The number of hydrogen-bond acceptors (Lipinski definition) is 6. The van der Waals surface area contributed by atoms with Crippen LogP contribution in [0.15, 0.2) is 27.8 Å². The summed E-state index contributed by atoms with van der Waals surface area (Å²) >= 11 is 1.09. The van der Waals surface area contributed by atoms with Gasteiger partial charge in [0.15, 0.2) is 0 Å². The van der Waals surface area contributed by atoms with E-state index in [1.54, 1.807) is 6.92 Å². The average Bonchev–Trinajstić information content (AvgIpc) is 2.98. The Morgan fingerprint density at radius 2 is 1.96 bits per heavy atom. The molecule has 122 valence electrons. The molecule has 0 radical (unpaired) electrons. The van der Waals surface area contributed by atoms with Gasteiger partial charge in [-0.15, -0.1) is 10.2 Å². The van der Waals surface area contributed by atoms with Crippen LogP contribution in [0.5, 0.6) is 0 Å². The Hall–Kier alpha value is -2.35. The second-order valence-electron chi connectivity index (χ2n) is 5.00. The first-order valence-electron chi connectivity index (χ1n) is 7.01. The highest BCUT2D eigenvalue weighted by atomic mass is 32.2. The molecule has 0 spiro atoms. The Bertz CT molecular complexity index is 729. The Morgan fingerprint density at radius 3 is 2.61 bits per heavy atom. The summed E-state index contributed by atoms with van der Waals surface area (Å²) in [4.78, 5) is 22.9. The first-order valence-corrected chi connectivity index (χ1v) is 7.89. The topological polar surface area (TPSA) is 97.1 Å². The zero-order valence-corrected chi connectivity index (χ0v) is 14.2. The van der Waals surface area contributed by atoms with Crippen molar-refractivity contribution in [2.75, 3.05) is 7.05 Å². The summed E-state index contributed by atoms with van der Waals surface area (Å²) in [6.07, 6.45) is 0. The van der Waals surface area contributed by atoms with E-state index in [0.717, 1.165) is 22.9 Å². The minimum Gasteiger partial charge on any atom is -0.411 e. The lowest BCUT2D eigenvalue weighted by Gasteiger charge is -2.07. The van der Waals surface area contributed by atoms with Crippen molar-refractivity contribution in [3.05, 3.63) is 29.3 Å². The lowest BCUT2D eigenvalue weighted by atomic mass is 10.1. The number of amides is 3. The predicted molar refractivity (Wildman–Crippen MR) is 87.1 cm³/mol. The number of thioether (sulfide) groups is 1. The first-order chi connectivity index (χ1) is 10.9. The molecule has 2 rings (SSSR count).